The SMILES string of the molecule is COC(=O)c1ccc(NC(=O)N2CCC[C@H](c3nc4ccccc4[nH]3)C2)cc1. The van der Waals surface area contributed by atoms with Crippen LogP contribution in [0.5, 0.6) is 0 Å². The molecule has 1 aliphatic heterocycles. The number of hydrogen-bond donors (Lipinski definition) is 2. The third-order valence-electron chi connectivity index (χ3n) is 5.06. The summed E-state index contributed by atoms with van der Waals surface area (Å²) in [4.78, 5) is 34.1. The number of hydrogen-bond acceptors (Lipinski definition) is 4. The average molecular weight is 378 g/mol. The van der Waals surface area contributed by atoms with Gasteiger partial charge in [0.1, 0.15) is 5.82 Å². The topological polar surface area (TPSA) is 87.3 Å². The van der Waals surface area contributed by atoms with Gasteiger partial charge in [0.25, 0.3) is 0 Å². The molecule has 1 aliphatic rings. The van der Waals surface area contributed by atoms with Crippen molar-refractivity contribution in [2.75, 3.05) is 25.5 Å². The highest BCUT2D eigenvalue weighted by Gasteiger charge is 2.26. The minimum Gasteiger partial charge on any atom is -0.465 e. The van der Waals surface area contributed by atoms with Crippen molar-refractivity contribution in [3.05, 3.63) is 59.9 Å². The quantitative estimate of drug-likeness (QED) is 0.680. The Morgan fingerprint density at radius 1 is 1.18 bits per heavy atom. The van der Waals surface area contributed by atoms with Gasteiger partial charge in [0.05, 0.1) is 23.7 Å². The summed E-state index contributed by atoms with van der Waals surface area (Å²) < 4.78 is 4.68. The molecule has 1 fully saturated rings. The number of nitrogens with one attached hydrogen (secondary N) is 2. The largest absolute Gasteiger partial charge is 0.465 e. The molecule has 1 aromatic heterocycles. The minimum atomic E-state index is -0.400. The van der Waals surface area contributed by atoms with Crippen molar-refractivity contribution in [2.24, 2.45) is 0 Å². The summed E-state index contributed by atoms with van der Waals surface area (Å²) in [5, 5.41) is 2.90. The number of likely N-dealkylation sites (tertiary alicyclic amines) is 1. The number of benzene rings is 2. The van der Waals surface area contributed by atoms with Crippen molar-refractivity contribution >= 4 is 28.7 Å². The molecule has 4 rings (SSSR count). The Kier molecular flexibility index (Phi) is 4.97. The predicted octanol–water partition coefficient (Wildman–Crippen LogP) is 3.76. The monoisotopic (exact) mass is 378 g/mol. The van der Waals surface area contributed by atoms with E-state index in [4.69, 9.17) is 4.98 Å². The lowest BCUT2D eigenvalue weighted by Gasteiger charge is -2.31. The fourth-order valence-corrected chi connectivity index (χ4v) is 3.56. The van der Waals surface area contributed by atoms with Crippen LogP contribution in [0.3, 0.4) is 0 Å². The zero-order valence-electron chi connectivity index (χ0n) is 15.6. The number of H-pyrrole nitrogens is 1. The third-order valence-corrected chi connectivity index (χ3v) is 5.06. The van der Waals surface area contributed by atoms with Gasteiger partial charge >= 0.3 is 12.0 Å². The highest BCUT2D eigenvalue weighted by molar-refractivity contribution is 5.92. The van der Waals surface area contributed by atoms with E-state index in [2.05, 4.69) is 15.0 Å². The lowest BCUT2D eigenvalue weighted by atomic mass is 9.97. The van der Waals surface area contributed by atoms with Gasteiger partial charge in [-0.05, 0) is 49.2 Å². The van der Waals surface area contributed by atoms with Crippen LogP contribution >= 0.6 is 0 Å². The van der Waals surface area contributed by atoms with Gasteiger partial charge in [-0.15, -0.1) is 0 Å². The molecular weight excluding hydrogens is 356 g/mol. The first-order valence-corrected chi connectivity index (χ1v) is 9.33. The van der Waals surface area contributed by atoms with E-state index in [9.17, 15) is 9.59 Å². The van der Waals surface area contributed by atoms with Crippen LogP contribution in [-0.4, -0.2) is 47.1 Å². The number of piperidine rings is 1. The van der Waals surface area contributed by atoms with E-state index in [0.29, 0.717) is 24.3 Å². The van der Waals surface area contributed by atoms with E-state index < -0.39 is 5.97 Å². The lowest BCUT2D eigenvalue weighted by molar-refractivity contribution is 0.0600. The maximum Gasteiger partial charge on any atom is 0.337 e. The molecule has 7 nitrogen and oxygen atoms in total. The first-order chi connectivity index (χ1) is 13.6. The number of urea groups is 1. The van der Waals surface area contributed by atoms with Crippen molar-refractivity contribution < 1.29 is 14.3 Å². The summed E-state index contributed by atoms with van der Waals surface area (Å²) in [5.41, 5.74) is 3.06. The van der Waals surface area contributed by atoms with Crippen LogP contribution in [0.25, 0.3) is 11.0 Å². The Hall–Kier alpha value is -3.35. The molecule has 0 bridgehead atoms. The minimum absolute atomic E-state index is 0.147. The predicted molar refractivity (Wildman–Crippen MR) is 106 cm³/mol. The summed E-state index contributed by atoms with van der Waals surface area (Å²) in [6.07, 6.45) is 1.92. The van der Waals surface area contributed by atoms with Gasteiger partial charge in [-0.3, -0.25) is 0 Å². The zero-order chi connectivity index (χ0) is 19.5. The smallest absolute Gasteiger partial charge is 0.337 e. The molecule has 3 aromatic rings. The van der Waals surface area contributed by atoms with Crippen molar-refractivity contribution in [1.29, 1.82) is 0 Å². The number of aromatic amines is 1. The number of nitrogens with zero attached hydrogens (tertiary/aromatic N) is 2. The third kappa shape index (κ3) is 3.69. The Bertz CT molecular complexity index is 963. The Morgan fingerprint density at radius 2 is 1.96 bits per heavy atom. The number of anilines is 1. The second kappa shape index (κ2) is 7.72. The first-order valence-electron chi connectivity index (χ1n) is 9.33. The molecule has 2 N–H and O–H groups in total. The van der Waals surface area contributed by atoms with E-state index in [-0.39, 0.29) is 11.9 Å². The Morgan fingerprint density at radius 3 is 2.71 bits per heavy atom. The second-order valence-corrected chi connectivity index (χ2v) is 6.92. The molecule has 2 amide bonds. The highest BCUT2D eigenvalue weighted by Crippen LogP contribution is 2.27. The normalized spacial score (nSPS) is 16.8. The van der Waals surface area contributed by atoms with E-state index >= 15 is 0 Å². The molecule has 0 aliphatic carbocycles. The number of fused-ring (bicyclic) bond motifs is 1. The fraction of sp³-hybridized carbons (Fsp3) is 0.286. The number of carbonyl (C=O) groups is 2. The van der Waals surface area contributed by atoms with E-state index in [1.807, 2.05) is 29.2 Å². The summed E-state index contributed by atoms with van der Waals surface area (Å²) in [6, 6.07) is 14.5. The molecule has 2 aromatic carbocycles. The summed E-state index contributed by atoms with van der Waals surface area (Å²) >= 11 is 0. The number of esters is 1. The molecule has 0 unspecified atom stereocenters. The van der Waals surface area contributed by atoms with Crippen LogP contribution in [0.1, 0.15) is 34.9 Å². The molecule has 1 saturated heterocycles. The van der Waals surface area contributed by atoms with Gasteiger partial charge in [-0.2, -0.15) is 0 Å². The van der Waals surface area contributed by atoms with Crippen molar-refractivity contribution in [1.82, 2.24) is 14.9 Å². The van der Waals surface area contributed by atoms with Gasteiger partial charge in [-0.25, -0.2) is 14.6 Å². The average Bonchev–Trinajstić information content (AvgIpc) is 3.18. The van der Waals surface area contributed by atoms with Crippen molar-refractivity contribution in [2.45, 2.75) is 18.8 Å². The Labute approximate surface area is 162 Å². The molecule has 0 saturated carbocycles. The van der Waals surface area contributed by atoms with Crippen LogP contribution in [0.15, 0.2) is 48.5 Å². The van der Waals surface area contributed by atoms with E-state index in [1.165, 1.54) is 7.11 Å². The molecule has 28 heavy (non-hydrogen) atoms. The standard InChI is InChI=1S/C21H22N4O3/c1-28-20(26)14-8-10-16(11-9-14)22-21(27)25-12-4-5-15(13-25)19-23-17-6-2-3-7-18(17)24-19/h2-3,6-11,15H,4-5,12-13H2,1H3,(H,22,27)(H,23,24)/t15-/m0/s1. The van der Waals surface area contributed by atoms with Crippen LogP contribution in [-0.2, 0) is 4.74 Å². The highest BCUT2D eigenvalue weighted by atomic mass is 16.5. The van der Waals surface area contributed by atoms with E-state index in [0.717, 1.165) is 29.7 Å². The first kappa shape index (κ1) is 18.0. The molecular formula is C21H22N4O3. The second-order valence-electron chi connectivity index (χ2n) is 6.92. The maximum absolute atomic E-state index is 12.7. The molecule has 1 atom stereocenters. The van der Waals surface area contributed by atoms with Crippen LogP contribution in [0, 0.1) is 0 Å². The van der Waals surface area contributed by atoms with Gasteiger partial charge < -0.3 is 19.9 Å². The van der Waals surface area contributed by atoms with Crippen molar-refractivity contribution in [3.63, 3.8) is 0 Å². The van der Waals surface area contributed by atoms with Gasteiger partial charge in [-0.1, -0.05) is 12.1 Å². The molecule has 0 radical (unpaired) electrons. The summed E-state index contributed by atoms with van der Waals surface area (Å²) in [7, 11) is 1.34. The molecule has 2 heterocycles. The summed E-state index contributed by atoms with van der Waals surface area (Å²) in [5.74, 6) is 0.720. The molecule has 7 heteroatoms. The summed E-state index contributed by atoms with van der Waals surface area (Å²) in [6.45, 7) is 1.33. The zero-order valence-corrected chi connectivity index (χ0v) is 15.6. The van der Waals surface area contributed by atoms with Crippen LogP contribution in [0.4, 0.5) is 10.5 Å². The lowest BCUT2D eigenvalue weighted by Crippen LogP contribution is -2.41. The van der Waals surface area contributed by atoms with E-state index in [1.54, 1.807) is 24.3 Å². The number of para-hydroxylation sites is 2. The number of rotatable bonds is 3. The van der Waals surface area contributed by atoms with Crippen LogP contribution < -0.4 is 5.32 Å². The van der Waals surface area contributed by atoms with Gasteiger partial charge in [0, 0.05) is 24.7 Å². The number of carbonyl (C=O) groups excluding carboxylic acids is 2. The number of imidazole rings is 1. The number of aromatic nitrogens is 2. The number of amides is 2. The van der Waals surface area contributed by atoms with Crippen molar-refractivity contribution in [3.8, 4) is 0 Å². The van der Waals surface area contributed by atoms with Gasteiger partial charge in [0.2, 0.25) is 0 Å². The Balaban J connectivity index is 1.42. The number of methoxy groups -OCH3 is 1. The maximum atomic E-state index is 12.7. The molecule has 144 valence electrons. The van der Waals surface area contributed by atoms with Crippen LogP contribution in [0.2, 0.25) is 0 Å². The number of ether oxygens (including phenoxy) is 1. The molecule has 0 spiro atoms. The van der Waals surface area contributed by atoms with Gasteiger partial charge in [0.15, 0.2) is 0 Å². The fourth-order valence-electron chi connectivity index (χ4n) is 3.56.